The summed E-state index contributed by atoms with van der Waals surface area (Å²) in [4.78, 5) is 26.8. The lowest BCUT2D eigenvalue weighted by atomic mass is 10.2. The zero-order valence-corrected chi connectivity index (χ0v) is 17.3. The molecule has 1 aliphatic heterocycles. The summed E-state index contributed by atoms with van der Waals surface area (Å²) in [6.07, 6.45) is 2.20. The number of piperazine rings is 1. The molecule has 0 aliphatic carbocycles. The van der Waals surface area contributed by atoms with Gasteiger partial charge in [-0.15, -0.1) is 34.0 Å². The van der Waals surface area contributed by atoms with Crippen molar-refractivity contribution in [3.05, 3.63) is 38.6 Å². The smallest absolute Gasteiger partial charge is 0.228 e. The van der Waals surface area contributed by atoms with Crippen LogP contribution in [-0.4, -0.2) is 47.0 Å². The Kier molecular flexibility index (Phi) is 5.16. The maximum Gasteiger partial charge on any atom is 0.228 e. The molecule has 0 saturated carbocycles. The van der Waals surface area contributed by atoms with Gasteiger partial charge in [0.2, 0.25) is 5.91 Å². The van der Waals surface area contributed by atoms with Crippen LogP contribution in [0.3, 0.4) is 0 Å². The van der Waals surface area contributed by atoms with Gasteiger partial charge in [0, 0.05) is 53.0 Å². The van der Waals surface area contributed by atoms with Crippen LogP contribution >= 0.6 is 49.9 Å². The average Bonchev–Trinajstić information content (AvgIpc) is 3.36. The topological polar surface area (TPSA) is 49.3 Å². The van der Waals surface area contributed by atoms with Gasteiger partial charge in [0.15, 0.2) is 5.13 Å². The number of nitrogens with zero attached hydrogens (tertiary/aromatic N) is 4. The van der Waals surface area contributed by atoms with Crippen LogP contribution in [0.4, 0.5) is 5.13 Å². The molecule has 4 heterocycles. The van der Waals surface area contributed by atoms with E-state index in [1.807, 2.05) is 27.2 Å². The molecule has 3 aromatic heterocycles. The van der Waals surface area contributed by atoms with E-state index in [9.17, 15) is 4.79 Å². The van der Waals surface area contributed by atoms with Crippen molar-refractivity contribution >= 4 is 61.0 Å². The molecule has 0 bridgehead atoms. The molecule has 1 fully saturated rings. The van der Waals surface area contributed by atoms with Crippen molar-refractivity contribution in [2.75, 3.05) is 31.1 Å². The minimum atomic E-state index is 0.156. The Balaban J connectivity index is 1.34. The molecule has 1 saturated heterocycles. The fraction of sp³-hybridized carbons (Fsp3) is 0.312. The lowest BCUT2D eigenvalue weighted by Crippen LogP contribution is -2.49. The molecule has 0 spiro atoms. The van der Waals surface area contributed by atoms with Crippen molar-refractivity contribution in [3.63, 3.8) is 0 Å². The minimum absolute atomic E-state index is 0.156. The molecule has 0 aromatic carbocycles. The number of carbonyl (C=O) groups is 1. The second-order valence-electron chi connectivity index (χ2n) is 5.63. The predicted molar refractivity (Wildman–Crippen MR) is 108 cm³/mol. The van der Waals surface area contributed by atoms with Gasteiger partial charge in [-0.2, -0.15) is 0 Å². The van der Waals surface area contributed by atoms with Crippen LogP contribution in [0.25, 0.3) is 9.88 Å². The summed E-state index contributed by atoms with van der Waals surface area (Å²) >= 11 is 8.36. The lowest BCUT2D eigenvalue weighted by Gasteiger charge is -2.34. The molecule has 9 heteroatoms. The largest absolute Gasteiger partial charge is 0.345 e. The quantitative estimate of drug-likeness (QED) is 0.597. The standard InChI is InChI=1S/C16H15BrN4OS3/c17-11-7-13(24-9-11)15-19-12(10-25-15)8-14(22)20-2-4-21(5-3-20)16-18-1-6-23-16/h1,6-7,9-10H,2-5,8H2. The maximum atomic E-state index is 12.6. The highest BCUT2D eigenvalue weighted by atomic mass is 79.9. The van der Waals surface area contributed by atoms with E-state index in [0.717, 1.165) is 51.4 Å². The highest BCUT2D eigenvalue weighted by molar-refractivity contribution is 9.10. The molecule has 3 aromatic rings. The third-order valence-corrected chi connectivity index (χ3v) is 7.57. The molecule has 1 amide bonds. The highest BCUT2D eigenvalue weighted by Crippen LogP contribution is 2.32. The van der Waals surface area contributed by atoms with Gasteiger partial charge in [-0.05, 0) is 22.0 Å². The number of rotatable bonds is 4. The first-order valence-electron chi connectivity index (χ1n) is 7.80. The van der Waals surface area contributed by atoms with Gasteiger partial charge in [0.25, 0.3) is 0 Å². The van der Waals surface area contributed by atoms with E-state index in [4.69, 9.17) is 0 Å². The molecular formula is C16H15BrN4OS3. The third kappa shape index (κ3) is 3.94. The summed E-state index contributed by atoms with van der Waals surface area (Å²) in [5.41, 5.74) is 0.858. The van der Waals surface area contributed by atoms with E-state index >= 15 is 0 Å². The molecule has 25 heavy (non-hydrogen) atoms. The van der Waals surface area contributed by atoms with E-state index in [-0.39, 0.29) is 5.91 Å². The number of halogens is 1. The van der Waals surface area contributed by atoms with Gasteiger partial charge < -0.3 is 9.80 Å². The Morgan fingerprint density at radius 2 is 2.00 bits per heavy atom. The number of carbonyl (C=O) groups excluding carboxylic acids is 1. The highest BCUT2D eigenvalue weighted by Gasteiger charge is 2.23. The number of thiazole rings is 2. The van der Waals surface area contributed by atoms with Crippen LogP contribution < -0.4 is 4.90 Å². The zero-order chi connectivity index (χ0) is 17.2. The van der Waals surface area contributed by atoms with Crippen molar-refractivity contribution in [3.8, 4) is 9.88 Å². The van der Waals surface area contributed by atoms with Gasteiger partial charge in [0.1, 0.15) is 5.01 Å². The van der Waals surface area contributed by atoms with E-state index in [2.05, 4.69) is 36.9 Å². The van der Waals surface area contributed by atoms with E-state index in [1.165, 1.54) is 0 Å². The fourth-order valence-corrected chi connectivity index (χ4v) is 5.74. The van der Waals surface area contributed by atoms with Crippen LogP contribution in [-0.2, 0) is 11.2 Å². The summed E-state index contributed by atoms with van der Waals surface area (Å²) in [5, 5.41) is 8.04. The number of aromatic nitrogens is 2. The molecular weight excluding hydrogens is 440 g/mol. The number of thiophene rings is 1. The first-order valence-corrected chi connectivity index (χ1v) is 11.2. The molecule has 130 valence electrons. The number of hydrogen-bond donors (Lipinski definition) is 0. The van der Waals surface area contributed by atoms with Gasteiger partial charge in [-0.1, -0.05) is 0 Å². The van der Waals surface area contributed by atoms with Crippen LogP contribution in [0.2, 0.25) is 0 Å². The van der Waals surface area contributed by atoms with E-state index < -0.39 is 0 Å². The second-order valence-corrected chi connectivity index (χ2v) is 9.19. The Morgan fingerprint density at radius 1 is 1.16 bits per heavy atom. The number of amides is 1. The van der Waals surface area contributed by atoms with Crippen molar-refractivity contribution in [2.24, 2.45) is 0 Å². The number of anilines is 1. The van der Waals surface area contributed by atoms with Gasteiger partial charge >= 0.3 is 0 Å². The lowest BCUT2D eigenvalue weighted by molar-refractivity contribution is -0.130. The Morgan fingerprint density at radius 3 is 2.68 bits per heavy atom. The molecule has 0 unspecified atom stereocenters. The van der Waals surface area contributed by atoms with Crippen molar-refractivity contribution in [1.82, 2.24) is 14.9 Å². The van der Waals surface area contributed by atoms with E-state index in [0.29, 0.717) is 6.42 Å². The molecule has 0 radical (unpaired) electrons. The van der Waals surface area contributed by atoms with Crippen LogP contribution in [0.15, 0.2) is 32.9 Å². The average molecular weight is 455 g/mol. The molecule has 0 N–H and O–H groups in total. The summed E-state index contributed by atoms with van der Waals surface area (Å²) < 4.78 is 1.07. The van der Waals surface area contributed by atoms with Crippen molar-refractivity contribution in [2.45, 2.75) is 6.42 Å². The van der Waals surface area contributed by atoms with Gasteiger partial charge in [-0.25, -0.2) is 9.97 Å². The first-order chi connectivity index (χ1) is 12.2. The van der Waals surface area contributed by atoms with Crippen molar-refractivity contribution < 1.29 is 4.79 Å². The van der Waals surface area contributed by atoms with Crippen molar-refractivity contribution in [1.29, 1.82) is 0 Å². The molecule has 0 atom stereocenters. The fourth-order valence-electron chi connectivity index (χ4n) is 2.71. The Hall–Kier alpha value is -1.29. The maximum absolute atomic E-state index is 12.6. The molecule has 5 nitrogen and oxygen atoms in total. The molecule has 1 aliphatic rings. The first kappa shape index (κ1) is 17.1. The Labute approximate surface area is 166 Å². The van der Waals surface area contributed by atoms with Crippen LogP contribution in [0.1, 0.15) is 5.69 Å². The monoisotopic (exact) mass is 454 g/mol. The minimum Gasteiger partial charge on any atom is -0.345 e. The summed E-state index contributed by atoms with van der Waals surface area (Å²) in [5.74, 6) is 0.156. The van der Waals surface area contributed by atoms with Crippen LogP contribution in [0, 0.1) is 0 Å². The predicted octanol–water partition coefficient (Wildman–Crippen LogP) is 3.98. The van der Waals surface area contributed by atoms with Gasteiger partial charge in [-0.3, -0.25) is 4.79 Å². The van der Waals surface area contributed by atoms with E-state index in [1.54, 1.807) is 34.0 Å². The van der Waals surface area contributed by atoms with Crippen LogP contribution in [0.5, 0.6) is 0 Å². The summed E-state index contributed by atoms with van der Waals surface area (Å²) in [6, 6.07) is 2.06. The van der Waals surface area contributed by atoms with Gasteiger partial charge in [0.05, 0.1) is 17.0 Å². The normalized spacial score (nSPS) is 14.9. The summed E-state index contributed by atoms with van der Waals surface area (Å²) in [7, 11) is 0. The second kappa shape index (κ2) is 7.53. The molecule has 4 rings (SSSR count). The third-order valence-electron chi connectivity index (χ3n) is 3.98. The Bertz CT molecular complexity index is 853. The zero-order valence-electron chi connectivity index (χ0n) is 13.2. The number of hydrogen-bond acceptors (Lipinski definition) is 7. The summed E-state index contributed by atoms with van der Waals surface area (Å²) in [6.45, 7) is 3.16. The SMILES string of the molecule is O=C(Cc1csc(-c2cc(Br)cs2)n1)N1CCN(c2nccs2)CC1.